The van der Waals surface area contributed by atoms with Crippen LogP contribution >= 0.6 is 8.25 Å². The maximum absolute atomic E-state index is 10.5. The third-order valence-corrected chi connectivity index (χ3v) is 2.69. The molecule has 94 valence electrons. The summed E-state index contributed by atoms with van der Waals surface area (Å²) >= 11 is 0. The molecule has 0 bridgehead atoms. The highest BCUT2D eigenvalue weighted by atomic mass is 31.1. The summed E-state index contributed by atoms with van der Waals surface area (Å²) < 4.78 is 20.7. The van der Waals surface area contributed by atoms with Gasteiger partial charge in [-0.05, 0) is 29.8 Å². The molecule has 0 aromatic heterocycles. The summed E-state index contributed by atoms with van der Waals surface area (Å²) in [6.07, 6.45) is 0. The van der Waals surface area contributed by atoms with Gasteiger partial charge in [0.15, 0.2) is 0 Å². The van der Waals surface area contributed by atoms with Crippen molar-refractivity contribution in [2.45, 2.75) is 6.61 Å². The standard InChI is InChI=1S/C13H13O4P/c14-18(15)17-13-8-6-12(7-9-13)16-10-11-4-2-1-3-5-11/h1-9,18H,10H2,(H,14,15). The van der Waals surface area contributed by atoms with E-state index in [4.69, 9.17) is 9.63 Å². The van der Waals surface area contributed by atoms with Gasteiger partial charge in [0.05, 0.1) is 0 Å². The van der Waals surface area contributed by atoms with Crippen LogP contribution in [-0.4, -0.2) is 4.89 Å². The summed E-state index contributed by atoms with van der Waals surface area (Å²) in [6.45, 7) is 0.484. The fourth-order valence-electron chi connectivity index (χ4n) is 1.45. The first kappa shape index (κ1) is 12.7. The van der Waals surface area contributed by atoms with E-state index in [1.165, 1.54) is 0 Å². The smallest absolute Gasteiger partial charge is 0.365 e. The van der Waals surface area contributed by atoms with Gasteiger partial charge in [-0.3, -0.25) is 0 Å². The molecular formula is C13H13O4P. The first-order valence-corrected chi connectivity index (χ1v) is 6.68. The van der Waals surface area contributed by atoms with Crippen molar-refractivity contribution in [3.05, 3.63) is 60.2 Å². The first-order chi connectivity index (χ1) is 8.74. The van der Waals surface area contributed by atoms with Gasteiger partial charge in [-0.1, -0.05) is 30.3 Å². The Bertz CT molecular complexity index is 510. The summed E-state index contributed by atoms with van der Waals surface area (Å²) in [7, 11) is -2.95. The van der Waals surface area contributed by atoms with E-state index in [1.54, 1.807) is 24.3 Å². The van der Waals surface area contributed by atoms with E-state index in [0.717, 1.165) is 5.56 Å². The minimum Gasteiger partial charge on any atom is -0.489 e. The molecule has 0 aliphatic carbocycles. The molecule has 1 unspecified atom stereocenters. The summed E-state index contributed by atoms with van der Waals surface area (Å²) in [5.41, 5.74) is 1.08. The predicted molar refractivity (Wildman–Crippen MR) is 69.1 cm³/mol. The molecule has 2 aromatic rings. The van der Waals surface area contributed by atoms with E-state index < -0.39 is 8.25 Å². The second-order valence-electron chi connectivity index (χ2n) is 3.61. The van der Waals surface area contributed by atoms with Gasteiger partial charge in [0.2, 0.25) is 0 Å². The molecule has 5 heteroatoms. The molecule has 0 radical (unpaired) electrons. The van der Waals surface area contributed by atoms with Gasteiger partial charge in [-0.2, -0.15) is 0 Å². The molecule has 1 N–H and O–H groups in total. The van der Waals surface area contributed by atoms with E-state index in [9.17, 15) is 4.57 Å². The van der Waals surface area contributed by atoms with Crippen LogP contribution in [0.15, 0.2) is 54.6 Å². The average molecular weight is 264 g/mol. The second kappa shape index (κ2) is 6.24. The lowest BCUT2D eigenvalue weighted by atomic mass is 10.2. The Morgan fingerprint density at radius 3 is 2.17 bits per heavy atom. The van der Waals surface area contributed by atoms with Gasteiger partial charge in [-0.15, -0.1) is 0 Å². The molecule has 0 heterocycles. The Morgan fingerprint density at radius 1 is 0.944 bits per heavy atom. The van der Waals surface area contributed by atoms with Crippen LogP contribution in [0, 0.1) is 0 Å². The summed E-state index contributed by atoms with van der Waals surface area (Å²) in [4.78, 5) is 8.62. The van der Waals surface area contributed by atoms with E-state index in [2.05, 4.69) is 4.52 Å². The molecule has 0 fully saturated rings. The van der Waals surface area contributed by atoms with Crippen molar-refractivity contribution < 1.29 is 18.7 Å². The molecule has 2 aromatic carbocycles. The quantitative estimate of drug-likeness (QED) is 0.843. The van der Waals surface area contributed by atoms with Crippen molar-refractivity contribution in [2.24, 2.45) is 0 Å². The van der Waals surface area contributed by atoms with Gasteiger partial charge in [0.25, 0.3) is 0 Å². The zero-order chi connectivity index (χ0) is 12.8. The van der Waals surface area contributed by atoms with Crippen molar-refractivity contribution in [1.29, 1.82) is 0 Å². The number of hydrogen-bond acceptors (Lipinski definition) is 3. The van der Waals surface area contributed by atoms with Crippen LogP contribution in [0.3, 0.4) is 0 Å². The normalized spacial score (nSPS) is 11.8. The molecular weight excluding hydrogens is 251 g/mol. The third kappa shape index (κ3) is 3.91. The molecule has 1 atom stereocenters. The molecule has 2 rings (SSSR count). The van der Waals surface area contributed by atoms with E-state index in [0.29, 0.717) is 18.1 Å². The lowest BCUT2D eigenvalue weighted by Crippen LogP contribution is -1.94. The van der Waals surface area contributed by atoms with Crippen LogP contribution in [0.25, 0.3) is 0 Å². The van der Waals surface area contributed by atoms with E-state index >= 15 is 0 Å². The van der Waals surface area contributed by atoms with Crippen LogP contribution in [0.2, 0.25) is 0 Å². The fourth-order valence-corrected chi connectivity index (χ4v) is 1.78. The van der Waals surface area contributed by atoms with E-state index in [1.807, 2.05) is 30.3 Å². The second-order valence-corrected chi connectivity index (χ2v) is 4.35. The Labute approximate surface area is 106 Å². The molecule has 0 spiro atoms. The summed E-state index contributed by atoms with van der Waals surface area (Å²) in [6, 6.07) is 16.4. The third-order valence-electron chi connectivity index (χ3n) is 2.28. The van der Waals surface area contributed by atoms with Crippen molar-refractivity contribution in [1.82, 2.24) is 0 Å². The molecule has 4 nitrogen and oxygen atoms in total. The molecule has 0 amide bonds. The summed E-state index contributed by atoms with van der Waals surface area (Å²) in [5, 5.41) is 0. The Hall–Kier alpha value is -1.77. The largest absolute Gasteiger partial charge is 0.489 e. The van der Waals surface area contributed by atoms with Crippen LogP contribution in [0.5, 0.6) is 11.5 Å². The van der Waals surface area contributed by atoms with Gasteiger partial charge in [0.1, 0.15) is 18.1 Å². The predicted octanol–water partition coefficient (Wildman–Crippen LogP) is 3.03. The number of rotatable bonds is 5. The lowest BCUT2D eigenvalue weighted by molar-refractivity contribution is 0.306. The lowest BCUT2D eigenvalue weighted by Gasteiger charge is -2.07. The highest BCUT2D eigenvalue weighted by Crippen LogP contribution is 2.25. The van der Waals surface area contributed by atoms with Crippen molar-refractivity contribution in [3.8, 4) is 11.5 Å². The highest BCUT2D eigenvalue weighted by Gasteiger charge is 1.99. The Balaban J connectivity index is 1.92. The maximum atomic E-state index is 10.5. The van der Waals surface area contributed by atoms with Gasteiger partial charge >= 0.3 is 8.25 Å². The number of hydrogen-bond donors (Lipinski definition) is 1. The van der Waals surface area contributed by atoms with Crippen LogP contribution in [0.1, 0.15) is 5.56 Å². The minimum absolute atomic E-state index is 0.355. The van der Waals surface area contributed by atoms with Crippen LogP contribution in [0.4, 0.5) is 0 Å². The zero-order valence-electron chi connectivity index (χ0n) is 9.58. The number of benzene rings is 2. The molecule has 0 aliphatic rings. The van der Waals surface area contributed by atoms with Crippen LogP contribution in [-0.2, 0) is 11.2 Å². The monoisotopic (exact) mass is 264 g/mol. The minimum atomic E-state index is -2.95. The number of ether oxygens (including phenoxy) is 1. The maximum Gasteiger partial charge on any atom is 0.365 e. The van der Waals surface area contributed by atoms with E-state index in [-0.39, 0.29) is 0 Å². The molecule has 0 saturated carbocycles. The van der Waals surface area contributed by atoms with Gasteiger partial charge < -0.3 is 14.2 Å². The topological polar surface area (TPSA) is 55.8 Å². The van der Waals surface area contributed by atoms with Crippen LogP contribution < -0.4 is 9.26 Å². The zero-order valence-corrected chi connectivity index (χ0v) is 10.6. The van der Waals surface area contributed by atoms with Crippen molar-refractivity contribution in [3.63, 3.8) is 0 Å². The first-order valence-electron chi connectivity index (χ1n) is 5.41. The van der Waals surface area contributed by atoms with Gasteiger partial charge in [-0.25, -0.2) is 4.57 Å². The Morgan fingerprint density at radius 2 is 1.56 bits per heavy atom. The molecule has 18 heavy (non-hydrogen) atoms. The highest BCUT2D eigenvalue weighted by molar-refractivity contribution is 7.32. The van der Waals surface area contributed by atoms with Crippen molar-refractivity contribution >= 4 is 8.25 Å². The Kier molecular flexibility index (Phi) is 4.40. The van der Waals surface area contributed by atoms with Crippen molar-refractivity contribution in [2.75, 3.05) is 0 Å². The SMILES string of the molecule is O=[PH](O)Oc1ccc(OCc2ccccc2)cc1. The van der Waals surface area contributed by atoms with Gasteiger partial charge in [0, 0.05) is 0 Å². The molecule has 0 saturated heterocycles. The summed E-state index contributed by atoms with van der Waals surface area (Å²) in [5.74, 6) is 1.04. The average Bonchev–Trinajstić information content (AvgIpc) is 2.38. The fraction of sp³-hybridized carbons (Fsp3) is 0.0769. The molecule has 0 aliphatic heterocycles.